The number of halogens is 3. The van der Waals surface area contributed by atoms with Gasteiger partial charge >= 0.3 is 0 Å². The summed E-state index contributed by atoms with van der Waals surface area (Å²) in [5, 5.41) is 4.02. The van der Waals surface area contributed by atoms with E-state index >= 15 is 0 Å². The first-order chi connectivity index (χ1) is 15.3. The SMILES string of the molecule is O=C(c1csc(Cc2c(Cl)cccc2Cl)n1)N1CCN(S(=O)(=O)c2ccc(Cl)cc2)CC1. The highest BCUT2D eigenvalue weighted by Gasteiger charge is 2.31. The molecular formula is C21H18Cl3N3O3S2. The van der Waals surface area contributed by atoms with Crippen LogP contribution < -0.4 is 0 Å². The lowest BCUT2D eigenvalue weighted by Gasteiger charge is -2.33. The van der Waals surface area contributed by atoms with Crippen molar-refractivity contribution in [1.82, 2.24) is 14.2 Å². The number of carbonyl (C=O) groups excluding carboxylic acids is 1. The van der Waals surface area contributed by atoms with Gasteiger partial charge in [-0.25, -0.2) is 13.4 Å². The molecule has 1 aromatic heterocycles. The summed E-state index contributed by atoms with van der Waals surface area (Å²) < 4.78 is 27.0. The Balaban J connectivity index is 1.40. The van der Waals surface area contributed by atoms with E-state index in [1.807, 2.05) is 0 Å². The number of amides is 1. The molecule has 0 bridgehead atoms. The van der Waals surface area contributed by atoms with Crippen molar-refractivity contribution < 1.29 is 13.2 Å². The van der Waals surface area contributed by atoms with Gasteiger partial charge in [-0.2, -0.15) is 4.31 Å². The van der Waals surface area contributed by atoms with Crippen LogP contribution in [0, 0.1) is 0 Å². The molecule has 0 unspecified atom stereocenters. The van der Waals surface area contributed by atoms with Crippen LogP contribution in [0.3, 0.4) is 0 Å². The van der Waals surface area contributed by atoms with Crippen molar-refractivity contribution in [1.29, 1.82) is 0 Å². The molecule has 4 rings (SSSR count). The lowest BCUT2D eigenvalue weighted by Crippen LogP contribution is -2.50. The quantitative estimate of drug-likeness (QED) is 0.473. The normalized spacial score (nSPS) is 15.2. The Morgan fingerprint density at radius 1 is 0.969 bits per heavy atom. The van der Waals surface area contributed by atoms with E-state index in [-0.39, 0.29) is 37.0 Å². The van der Waals surface area contributed by atoms with E-state index in [9.17, 15) is 13.2 Å². The van der Waals surface area contributed by atoms with Crippen molar-refractivity contribution >= 4 is 62.1 Å². The van der Waals surface area contributed by atoms with Crippen molar-refractivity contribution in [3.63, 3.8) is 0 Å². The number of aromatic nitrogens is 1. The Hall–Kier alpha value is -1.68. The van der Waals surface area contributed by atoms with Crippen molar-refractivity contribution in [3.05, 3.63) is 79.2 Å². The minimum absolute atomic E-state index is 0.184. The number of hydrogen-bond acceptors (Lipinski definition) is 5. The van der Waals surface area contributed by atoms with Crippen LogP contribution in [0.1, 0.15) is 21.1 Å². The highest BCUT2D eigenvalue weighted by molar-refractivity contribution is 7.89. The minimum atomic E-state index is -3.63. The van der Waals surface area contributed by atoms with Gasteiger partial charge < -0.3 is 4.90 Å². The van der Waals surface area contributed by atoms with E-state index in [2.05, 4.69) is 4.98 Å². The second kappa shape index (κ2) is 9.67. The van der Waals surface area contributed by atoms with Gasteiger partial charge in [0.15, 0.2) is 0 Å². The van der Waals surface area contributed by atoms with Gasteiger partial charge in [0.1, 0.15) is 5.69 Å². The smallest absolute Gasteiger partial charge is 0.273 e. The molecule has 11 heteroatoms. The van der Waals surface area contributed by atoms with Gasteiger partial charge in [0.05, 0.1) is 9.90 Å². The van der Waals surface area contributed by atoms with Gasteiger partial charge in [-0.1, -0.05) is 40.9 Å². The first kappa shape index (κ1) is 23.5. The molecule has 0 N–H and O–H groups in total. The third kappa shape index (κ3) is 4.95. The average molecular weight is 531 g/mol. The molecule has 0 saturated carbocycles. The second-order valence-corrected chi connectivity index (χ2v) is 11.3. The Kier molecular flexibility index (Phi) is 7.09. The van der Waals surface area contributed by atoms with E-state index in [0.717, 1.165) is 10.6 Å². The number of piperazine rings is 1. The first-order valence-electron chi connectivity index (χ1n) is 9.68. The predicted octanol–water partition coefficient (Wildman–Crippen LogP) is 4.84. The molecule has 1 aliphatic rings. The van der Waals surface area contributed by atoms with Crippen molar-refractivity contribution in [2.75, 3.05) is 26.2 Å². The maximum Gasteiger partial charge on any atom is 0.273 e. The van der Waals surface area contributed by atoms with Crippen molar-refractivity contribution in [2.24, 2.45) is 0 Å². The van der Waals surface area contributed by atoms with Crippen LogP contribution in [0.25, 0.3) is 0 Å². The summed E-state index contributed by atoms with van der Waals surface area (Å²) in [6, 6.07) is 11.4. The number of rotatable bonds is 5. The molecule has 168 valence electrons. The van der Waals surface area contributed by atoms with Crippen LogP contribution in [0.5, 0.6) is 0 Å². The summed E-state index contributed by atoms with van der Waals surface area (Å²) in [5.41, 5.74) is 1.10. The molecule has 2 heterocycles. The fourth-order valence-electron chi connectivity index (χ4n) is 3.39. The maximum absolute atomic E-state index is 12.9. The third-order valence-electron chi connectivity index (χ3n) is 5.14. The van der Waals surface area contributed by atoms with Gasteiger partial charge in [-0.15, -0.1) is 11.3 Å². The molecule has 3 aromatic rings. The topological polar surface area (TPSA) is 70.6 Å². The number of hydrogen-bond donors (Lipinski definition) is 0. The lowest BCUT2D eigenvalue weighted by atomic mass is 10.1. The molecule has 0 atom stereocenters. The lowest BCUT2D eigenvalue weighted by molar-refractivity contribution is 0.0692. The monoisotopic (exact) mass is 529 g/mol. The molecule has 32 heavy (non-hydrogen) atoms. The zero-order valence-electron chi connectivity index (χ0n) is 16.7. The summed E-state index contributed by atoms with van der Waals surface area (Å²) in [6.07, 6.45) is 0.434. The summed E-state index contributed by atoms with van der Waals surface area (Å²) in [4.78, 5) is 19.2. The van der Waals surface area contributed by atoms with Gasteiger partial charge in [-0.05, 0) is 42.0 Å². The summed E-state index contributed by atoms with van der Waals surface area (Å²) in [6.45, 7) is 0.996. The molecule has 0 aliphatic carbocycles. The van der Waals surface area contributed by atoms with Crippen LogP contribution in [0.15, 0.2) is 52.7 Å². The molecule has 6 nitrogen and oxygen atoms in total. The van der Waals surface area contributed by atoms with Crippen LogP contribution >= 0.6 is 46.1 Å². The fraction of sp³-hybridized carbons (Fsp3) is 0.238. The summed E-state index contributed by atoms with van der Waals surface area (Å²) >= 11 is 19.7. The van der Waals surface area contributed by atoms with Gasteiger partial charge in [0.2, 0.25) is 10.0 Å². The Bertz CT molecular complexity index is 1220. The molecule has 0 spiro atoms. The molecule has 1 saturated heterocycles. The standard InChI is InChI=1S/C21H18Cl3N3O3S2/c22-14-4-6-15(7-5-14)32(29,30)27-10-8-26(9-11-27)21(28)19-13-31-20(25-19)12-16-17(23)2-1-3-18(16)24/h1-7,13H,8-12H2. The van der Waals surface area contributed by atoms with E-state index < -0.39 is 10.0 Å². The van der Waals surface area contributed by atoms with Gasteiger partial charge in [-0.3, -0.25) is 4.79 Å². The van der Waals surface area contributed by atoms with E-state index in [1.54, 1.807) is 40.6 Å². The molecule has 1 fully saturated rings. The van der Waals surface area contributed by atoms with Crippen molar-refractivity contribution in [2.45, 2.75) is 11.3 Å². The van der Waals surface area contributed by atoms with Crippen LogP contribution in [-0.2, 0) is 16.4 Å². The third-order valence-corrected chi connectivity index (χ3v) is 8.86. The zero-order chi connectivity index (χ0) is 22.9. The fourth-order valence-corrected chi connectivity index (χ4v) is 6.25. The average Bonchev–Trinajstić information content (AvgIpc) is 3.25. The molecule has 1 amide bonds. The van der Waals surface area contributed by atoms with E-state index in [1.165, 1.54) is 27.8 Å². The van der Waals surface area contributed by atoms with Crippen LogP contribution in [0.2, 0.25) is 15.1 Å². The zero-order valence-corrected chi connectivity index (χ0v) is 20.6. The van der Waals surface area contributed by atoms with E-state index in [0.29, 0.717) is 27.2 Å². The Morgan fingerprint density at radius 2 is 1.59 bits per heavy atom. The number of benzene rings is 2. The first-order valence-corrected chi connectivity index (χ1v) is 13.1. The Labute approximate surface area is 205 Å². The summed E-state index contributed by atoms with van der Waals surface area (Å²) in [5.74, 6) is -0.221. The van der Waals surface area contributed by atoms with Crippen LogP contribution in [0.4, 0.5) is 0 Å². The number of thiazole rings is 1. The highest BCUT2D eigenvalue weighted by Crippen LogP contribution is 2.28. The van der Waals surface area contributed by atoms with Crippen LogP contribution in [-0.4, -0.2) is 54.7 Å². The molecule has 0 radical (unpaired) electrons. The largest absolute Gasteiger partial charge is 0.335 e. The molecule has 2 aromatic carbocycles. The predicted molar refractivity (Wildman–Crippen MR) is 127 cm³/mol. The van der Waals surface area contributed by atoms with Crippen molar-refractivity contribution in [3.8, 4) is 0 Å². The van der Waals surface area contributed by atoms with Gasteiger partial charge in [0.25, 0.3) is 5.91 Å². The number of nitrogens with zero attached hydrogens (tertiary/aromatic N) is 3. The van der Waals surface area contributed by atoms with E-state index in [4.69, 9.17) is 34.8 Å². The number of sulfonamides is 1. The second-order valence-electron chi connectivity index (χ2n) is 7.15. The Morgan fingerprint density at radius 3 is 2.22 bits per heavy atom. The highest BCUT2D eigenvalue weighted by atomic mass is 35.5. The number of carbonyl (C=O) groups is 1. The summed E-state index contributed by atoms with van der Waals surface area (Å²) in [7, 11) is -3.63. The molecular weight excluding hydrogens is 513 g/mol. The molecule has 1 aliphatic heterocycles. The maximum atomic E-state index is 12.9. The minimum Gasteiger partial charge on any atom is -0.335 e. The van der Waals surface area contributed by atoms with Gasteiger partial charge in [0, 0.05) is 53.0 Å².